The molecule has 2 heterocycles. The van der Waals surface area contributed by atoms with E-state index in [0.29, 0.717) is 18.1 Å². The second kappa shape index (κ2) is 8.81. The molecule has 7 heteroatoms. The van der Waals surface area contributed by atoms with E-state index in [1.165, 1.54) is 4.88 Å². The van der Waals surface area contributed by atoms with Crippen molar-refractivity contribution in [3.05, 3.63) is 53.2 Å². The van der Waals surface area contributed by atoms with Crippen LogP contribution in [-0.2, 0) is 0 Å². The van der Waals surface area contributed by atoms with Gasteiger partial charge in [0.2, 0.25) is 0 Å². The van der Waals surface area contributed by atoms with Gasteiger partial charge in [0.05, 0.1) is 26.2 Å². The Morgan fingerprint density at radius 1 is 0.935 bits per heavy atom. The van der Waals surface area contributed by atoms with Gasteiger partial charge in [-0.2, -0.15) is 0 Å². The van der Waals surface area contributed by atoms with Gasteiger partial charge in [-0.25, -0.2) is 9.97 Å². The van der Waals surface area contributed by atoms with Crippen molar-refractivity contribution in [3.63, 3.8) is 0 Å². The number of fused-ring (bicyclic) bond motifs is 1. The molecule has 0 aliphatic carbocycles. The molecule has 0 radical (unpaired) electrons. The van der Waals surface area contributed by atoms with E-state index < -0.39 is 0 Å². The number of methoxy groups -OCH3 is 2. The van der Waals surface area contributed by atoms with Gasteiger partial charge in [0.15, 0.2) is 11.5 Å². The highest BCUT2D eigenvalue weighted by Gasteiger charge is 2.18. The van der Waals surface area contributed by atoms with Gasteiger partial charge in [0.25, 0.3) is 0 Å². The average molecular weight is 436 g/mol. The summed E-state index contributed by atoms with van der Waals surface area (Å²) in [5, 5.41) is 4.47. The number of nitrogens with zero attached hydrogens (tertiary/aromatic N) is 2. The molecule has 0 atom stereocenters. The minimum Gasteiger partial charge on any atom is -0.494 e. The van der Waals surface area contributed by atoms with Crippen molar-refractivity contribution in [1.29, 1.82) is 0 Å². The van der Waals surface area contributed by atoms with Crippen LogP contribution in [-0.4, -0.2) is 30.8 Å². The molecule has 0 unspecified atom stereocenters. The number of ether oxygens (including phenoxy) is 3. The smallest absolute Gasteiger partial charge is 0.162 e. The first-order valence-corrected chi connectivity index (χ1v) is 10.9. The summed E-state index contributed by atoms with van der Waals surface area (Å²) in [5.41, 5.74) is 3.10. The second-order valence-electron chi connectivity index (χ2n) is 6.98. The van der Waals surface area contributed by atoms with Crippen LogP contribution in [0.1, 0.15) is 17.6 Å². The number of hydrogen-bond donors (Lipinski definition) is 1. The van der Waals surface area contributed by atoms with Gasteiger partial charge in [-0.05, 0) is 50.6 Å². The summed E-state index contributed by atoms with van der Waals surface area (Å²) in [5.74, 6) is 3.68. The fraction of sp³-hybridized carbons (Fsp3) is 0.250. The molecule has 0 amide bonds. The van der Waals surface area contributed by atoms with Crippen molar-refractivity contribution in [2.45, 2.75) is 20.8 Å². The van der Waals surface area contributed by atoms with E-state index in [1.807, 2.05) is 44.2 Å². The minimum absolute atomic E-state index is 0.645. The molecule has 4 aromatic rings. The van der Waals surface area contributed by atoms with E-state index in [9.17, 15) is 0 Å². The Balaban J connectivity index is 1.82. The predicted octanol–water partition coefficient (Wildman–Crippen LogP) is 6.13. The normalized spacial score (nSPS) is 10.9. The molecule has 31 heavy (non-hydrogen) atoms. The Bertz CT molecular complexity index is 1220. The lowest BCUT2D eigenvalue weighted by Gasteiger charge is -2.13. The van der Waals surface area contributed by atoms with E-state index in [-0.39, 0.29) is 0 Å². The number of aryl methyl sites for hydroxylation is 2. The standard InChI is InChI=1S/C24H25N3O3S/c1-6-30-18-10-7-16(8-11-18)21-14(2)31-24-22(21)23(25-15(3)26-24)27-17-9-12-19(28-4)20(13-17)29-5/h7-13H,6H2,1-5H3,(H,25,26,27). The fourth-order valence-electron chi connectivity index (χ4n) is 3.59. The van der Waals surface area contributed by atoms with Crippen LogP contribution in [0.15, 0.2) is 42.5 Å². The highest BCUT2D eigenvalue weighted by Crippen LogP contribution is 2.42. The first-order chi connectivity index (χ1) is 15.0. The average Bonchev–Trinajstić information content (AvgIpc) is 3.10. The van der Waals surface area contributed by atoms with Crippen molar-refractivity contribution in [2.75, 3.05) is 26.1 Å². The summed E-state index contributed by atoms with van der Waals surface area (Å²) < 4.78 is 16.4. The Morgan fingerprint density at radius 3 is 2.35 bits per heavy atom. The molecule has 0 aliphatic rings. The van der Waals surface area contributed by atoms with Gasteiger partial charge in [0.1, 0.15) is 22.2 Å². The SMILES string of the molecule is CCOc1ccc(-c2c(C)sc3nc(C)nc(Nc4ccc(OC)c(OC)c4)c23)cc1. The van der Waals surface area contributed by atoms with Gasteiger partial charge in [-0.3, -0.25) is 0 Å². The van der Waals surface area contributed by atoms with Crippen LogP contribution in [0, 0.1) is 13.8 Å². The number of benzene rings is 2. The zero-order chi connectivity index (χ0) is 22.0. The third-order valence-electron chi connectivity index (χ3n) is 4.94. The quantitative estimate of drug-likeness (QED) is 0.376. The molecule has 1 N–H and O–H groups in total. The molecule has 0 saturated carbocycles. The molecule has 0 bridgehead atoms. The lowest BCUT2D eigenvalue weighted by Crippen LogP contribution is -1.99. The zero-order valence-electron chi connectivity index (χ0n) is 18.3. The van der Waals surface area contributed by atoms with Crippen molar-refractivity contribution in [2.24, 2.45) is 0 Å². The van der Waals surface area contributed by atoms with E-state index in [1.54, 1.807) is 25.6 Å². The summed E-state index contributed by atoms with van der Waals surface area (Å²) in [6.07, 6.45) is 0. The summed E-state index contributed by atoms with van der Waals surface area (Å²) in [4.78, 5) is 11.6. The van der Waals surface area contributed by atoms with Crippen LogP contribution in [0.4, 0.5) is 11.5 Å². The third kappa shape index (κ3) is 4.14. The number of nitrogens with one attached hydrogen (secondary N) is 1. The lowest BCUT2D eigenvalue weighted by molar-refractivity contribution is 0.340. The molecular weight excluding hydrogens is 410 g/mol. The molecular formula is C24H25N3O3S. The largest absolute Gasteiger partial charge is 0.494 e. The summed E-state index contributed by atoms with van der Waals surface area (Å²) in [7, 11) is 3.25. The monoisotopic (exact) mass is 435 g/mol. The van der Waals surface area contributed by atoms with Gasteiger partial charge in [-0.15, -0.1) is 11.3 Å². The Labute approximate surface area is 185 Å². The number of anilines is 2. The van der Waals surface area contributed by atoms with Crippen LogP contribution >= 0.6 is 11.3 Å². The first-order valence-electron chi connectivity index (χ1n) is 10.0. The first kappa shape index (κ1) is 20.9. The van der Waals surface area contributed by atoms with Crippen LogP contribution in [0.5, 0.6) is 17.2 Å². The molecule has 0 fully saturated rings. The maximum absolute atomic E-state index is 5.60. The zero-order valence-corrected chi connectivity index (χ0v) is 19.1. The topological polar surface area (TPSA) is 65.5 Å². The van der Waals surface area contributed by atoms with E-state index >= 15 is 0 Å². The number of rotatable bonds is 7. The molecule has 6 nitrogen and oxygen atoms in total. The molecule has 2 aromatic heterocycles. The van der Waals surface area contributed by atoms with Gasteiger partial charge >= 0.3 is 0 Å². The van der Waals surface area contributed by atoms with Gasteiger partial charge in [0, 0.05) is 22.2 Å². The number of thiophene rings is 1. The summed E-state index contributed by atoms with van der Waals surface area (Å²) in [6.45, 7) is 6.65. The molecule has 0 aliphatic heterocycles. The van der Waals surface area contributed by atoms with Crippen LogP contribution in [0.3, 0.4) is 0 Å². The van der Waals surface area contributed by atoms with Crippen LogP contribution in [0.25, 0.3) is 21.3 Å². The molecule has 160 valence electrons. The number of hydrogen-bond acceptors (Lipinski definition) is 7. The highest BCUT2D eigenvalue weighted by atomic mass is 32.1. The molecule has 0 spiro atoms. The maximum Gasteiger partial charge on any atom is 0.162 e. The van der Waals surface area contributed by atoms with Crippen molar-refractivity contribution < 1.29 is 14.2 Å². The Morgan fingerprint density at radius 2 is 1.68 bits per heavy atom. The minimum atomic E-state index is 0.645. The van der Waals surface area contributed by atoms with Crippen molar-refractivity contribution >= 4 is 33.1 Å². The Hall–Kier alpha value is -3.32. The van der Waals surface area contributed by atoms with Crippen molar-refractivity contribution in [1.82, 2.24) is 9.97 Å². The summed E-state index contributed by atoms with van der Waals surface area (Å²) >= 11 is 1.67. The second-order valence-corrected chi connectivity index (χ2v) is 8.19. The van der Waals surface area contributed by atoms with Gasteiger partial charge in [-0.1, -0.05) is 12.1 Å². The Kier molecular flexibility index (Phi) is 5.95. The van der Waals surface area contributed by atoms with E-state index in [0.717, 1.165) is 44.4 Å². The predicted molar refractivity (Wildman–Crippen MR) is 126 cm³/mol. The molecule has 0 saturated heterocycles. The maximum atomic E-state index is 5.60. The van der Waals surface area contributed by atoms with Gasteiger partial charge < -0.3 is 19.5 Å². The third-order valence-corrected chi connectivity index (χ3v) is 5.94. The van der Waals surface area contributed by atoms with Crippen LogP contribution < -0.4 is 19.5 Å². The molecule has 2 aromatic carbocycles. The fourth-order valence-corrected chi connectivity index (χ4v) is 4.68. The highest BCUT2D eigenvalue weighted by molar-refractivity contribution is 7.19. The lowest BCUT2D eigenvalue weighted by atomic mass is 10.0. The number of aromatic nitrogens is 2. The van der Waals surface area contributed by atoms with E-state index in [2.05, 4.69) is 24.4 Å². The summed E-state index contributed by atoms with van der Waals surface area (Å²) in [6, 6.07) is 13.9. The molecule has 4 rings (SSSR count). The van der Waals surface area contributed by atoms with Crippen LogP contribution in [0.2, 0.25) is 0 Å². The van der Waals surface area contributed by atoms with E-state index in [4.69, 9.17) is 24.2 Å². The van der Waals surface area contributed by atoms with Crippen molar-refractivity contribution in [3.8, 4) is 28.4 Å².